The largest absolute Gasteiger partial charge is 0.478 e. The first-order valence-corrected chi connectivity index (χ1v) is 6.46. The molecule has 0 amide bonds. The van der Waals surface area contributed by atoms with Crippen molar-refractivity contribution < 1.29 is 27.8 Å². The Labute approximate surface area is 129 Å². The molecule has 1 aromatic carbocycles. The van der Waals surface area contributed by atoms with Gasteiger partial charge in [-0.05, 0) is 46.9 Å². The first-order chi connectivity index (χ1) is 9.77. The Morgan fingerprint density at radius 3 is 2.62 bits per heavy atom. The minimum atomic E-state index is -4.64. The maximum absolute atomic E-state index is 12.5. The number of carbonyl (C=O) groups is 1. The standard InChI is InChI=1S/C12H6F3IN2O3/c13-12(14,15)9-3-4-17-11(18-9)21-8-2-1-6(16)5-7(8)10(19)20/h1-5H,(H,19,20). The van der Waals surface area contributed by atoms with Gasteiger partial charge in [-0.2, -0.15) is 18.2 Å². The molecule has 0 saturated heterocycles. The summed E-state index contributed by atoms with van der Waals surface area (Å²) in [5.74, 6) is -1.40. The van der Waals surface area contributed by atoms with E-state index >= 15 is 0 Å². The highest BCUT2D eigenvalue weighted by molar-refractivity contribution is 14.1. The molecule has 0 radical (unpaired) electrons. The summed E-state index contributed by atoms with van der Waals surface area (Å²) in [5.41, 5.74) is -1.36. The van der Waals surface area contributed by atoms with Gasteiger partial charge < -0.3 is 9.84 Å². The van der Waals surface area contributed by atoms with Crippen LogP contribution in [0, 0.1) is 3.57 Å². The number of hydrogen-bond donors (Lipinski definition) is 1. The number of halogens is 4. The topological polar surface area (TPSA) is 72.3 Å². The molecule has 2 aromatic rings. The summed E-state index contributed by atoms with van der Waals surface area (Å²) in [7, 11) is 0. The number of carboxylic acid groups (broad SMARTS) is 1. The van der Waals surface area contributed by atoms with Gasteiger partial charge in [-0.15, -0.1) is 0 Å². The van der Waals surface area contributed by atoms with E-state index in [0.29, 0.717) is 9.64 Å². The van der Waals surface area contributed by atoms with Gasteiger partial charge in [0.1, 0.15) is 11.3 Å². The monoisotopic (exact) mass is 410 g/mol. The number of aromatic carboxylic acids is 1. The van der Waals surface area contributed by atoms with E-state index in [2.05, 4.69) is 9.97 Å². The molecule has 5 nitrogen and oxygen atoms in total. The second kappa shape index (κ2) is 5.84. The number of benzene rings is 1. The predicted molar refractivity (Wildman–Crippen MR) is 73.2 cm³/mol. The lowest BCUT2D eigenvalue weighted by Gasteiger charge is -2.09. The molecule has 0 bridgehead atoms. The summed E-state index contributed by atoms with van der Waals surface area (Å²) in [4.78, 5) is 17.8. The molecular formula is C12H6F3IN2O3. The van der Waals surface area contributed by atoms with Gasteiger partial charge in [0.05, 0.1) is 0 Å². The Kier molecular flexibility index (Phi) is 4.30. The third-order valence-electron chi connectivity index (χ3n) is 2.30. The van der Waals surface area contributed by atoms with E-state index in [-0.39, 0.29) is 11.3 Å². The third kappa shape index (κ3) is 3.80. The van der Waals surface area contributed by atoms with E-state index in [1.807, 2.05) is 22.6 Å². The molecular weight excluding hydrogens is 404 g/mol. The minimum absolute atomic E-state index is 0.137. The fourth-order valence-electron chi connectivity index (χ4n) is 1.40. The number of carboxylic acids is 1. The Morgan fingerprint density at radius 1 is 1.29 bits per heavy atom. The number of aromatic nitrogens is 2. The summed E-state index contributed by atoms with van der Waals surface area (Å²) in [6, 6.07) is 4.32. The molecule has 9 heteroatoms. The molecule has 0 aliphatic heterocycles. The molecule has 21 heavy (non-hydrogen) atoms. The third-order valence-corrected chi connectivity index (χ3v) is 2.97. The van der Waals surface area contributed by atoms with Gasteiger partial charge in [-0.3, -0.25) is 0 Å². The van der Waals surface area contributed by atoms with Crippen molar-refractivity contribution in [3.05, 3.63) is 45.3 Å². The summed E-state index contributed by atoms with van der Waals surface area (Å²) >= 11 is 1.90. The van der Waals surface area contributed by atoms with E-state index in [0.717, 1.165) is 6.20 Å². The molecule has 1 aromatic heterocycles. The predicted octanol–water partition coefficient (Wildman–Crippen LogP) is 3.59. The fraction of sp³-hybridized carbons (Fsp3) is 0.0833. The summed E-state index contributed by atoms with van der Waals surface area (Å²) in [6.07, 6.45) is -3.75. The SMILES string of the molecule is O=C(O)c1cc(I)ccc1Oc1nccc(C(F)(F)F)n1. The highest BCUT2D eigenvalue weighted by atomic mass is 127. The van der Waals surface area contributed by atoms with E-state index in [1.165, 1.54) is 12.1 Å². The molecule has 0 aliphatic carbocycles. The van der Waals surface area contributed by atoms with Crippen molar-refractivity contribution in [2.75, 3.05) is 0 Å². The molecule has 0 fully saturated rings. The van der Waals surface area contributed by atoms with Crippen molar-refractivity contribution in [2.24, 2.45) is 0 Å². The van der Waals surface area contributed by atoms with E-state index in [1.54, 1.807) is 6.07 Å². The van der Waals surface area contributed by atoms with Crippen LogP contribution in [0.3, 0.4) is 0 Å². The van der Waals surface area contributed by atoms with Gasteiger partial charge in [0.25, 0.3) is 0 Å². The molecule has 110 valence electrons. The quantitative estimate of drug-likeness (QED) is 0.784. The highest BCUT2D eigenvalue weighted by Crippen LogP contribution is 2.30. The van der Waals surface area contributed by atoms with E-state index in [9.17, 15) is 18.0 Å². The maximum atomic E-state index is 12.5. The first-order valence-electron chi connectivity index (χ1n) is 5.38. The van der Waals surface area contributed by atoms with Crippen LogP contribution in [0.4, 0.5) is 13.2 Å². The molecule has 1 heterocycles. The molecule has 0 spiro atoms. The second-order valence-electron chi connectivity index (χ2n) is 3.77. The summed E-state index contributed by atoms with van der Waals surface area (Å²) < 4.78 is 43.3. The van der Waals surface area contributed by atoms with Crippen LogP contribution in [0.1, 0.15) is 16.1 Å². The molecule has 1 N–H and O–H groups in total. The Morgan fingerprint density at radius 2 is 2.00 bits per heavy atom. The molecule has 2 rings (SSSR count). The average Bonchev–Trinajstić information content (AvgIpc) is 2.40. The molecule has 0 atom stereocenters. The second-order valence-corrected chi connectivity index (χ2v) is 5.02. The van der Waals surface area contributed by atoms with Crippen molar-refractivity contribution in [2.45, 2.75) is 6.18 Å². The zero-order chi connectivity index (χ0) is 15.6. The van der Waals surface area contributed by atoms with Crippen LogP contribution in [0.2, 0.25) is 0 Å². The van der Waals surface area contributed by atoms with Crippen LogP contribution in [-0.2, 0) is 6.18 Å². The van der Waals surface area contributed by atoms with Crippen LogP contribution >= 0.6 is 22.6 Å². The number of hydrogen-bond acceptors (Lipinski definition) is 4. The van der Waals surface area contributed by atoms with Gasteiger partial charge >= 0.3 is 18.2 Å². The lowest BCUT2D eigenvalue weighted by molar-refractivity contribution is -0.141. The number of nitrogens with zero attached hydrogens (tertiary/aromatic N) is 2. The first kappa shape index (κ1) is 15.5. The smallest absolute Gasteiger partial charge is 0.433 e. The van der Waals surface area contributed by atoms with E-state index < -0.39 is 23.8 Å². The molecule has 0 unspecified atom stereocenters. The summed E-state index contributed by atoms with van der Waals surface area (Å²) in [6.45, 7) is 0. The van der Waals surface area contributed by atoms with Crippen LogP contribution in [-0.4, -0.2) is 21.0 Å². The number of alkyl halides is 3. The average molecular weight is 410 g/mol. The molecule has 0 saturated carbocycles. The fourth-order valence-corrected chi connectivity index (χ4v) is 1.90. The molecule has 0 aliphatic rings. The lowest BCUT2D eigenvalue weighted by Crippen LogP contribution is -2.09. The maximum Gasteiger partial charge on any atom is 0.433 e. The zero-order valence-electron chi connectivity index (χ0n) is 10.1. The lowest BCUT2D eigenvalue weighted by atomic mass is 10.2. The van der Waals surface area contributed by atoms with Crippen LogP contribution in [0.25, 0.3) is 0 Å². The van der Waals surface area contributed by atoms with Gasteiger partial charge in [0.2, 0.25) is 0 Å². The zero-order valence-corrected chi connectivity index (χ0v) is 12.2. The van der Waals surface area contributed by atoms with Crippen LogP contribution < -0.4 is 4.74 Å². The minimum Gasteiger partial charge on any atom is -0.478 e. The van der Waals surface area contributed by atoms with Crippen molar-refractivity contribution in [3.8, 4) is 11.8 Å². The van der Waals surface area contributed by atoms with Crippen molar-refractivity contribution >= 4 is 28.6 Å². The van der Waals surface area contributed by atoms with Gasteiger partial charge in [-0.1, -0.05) is 0 Å². The van der Waals surface area contributed by atoms with Gasteiger partial charge in [0, 0.05) is 9.77 Å². The Balaban J connectivity index is 2.37. The Bertz CT molecular complexity index is 692. The van der Waals surface area contributed by atoms with Crippen molar-refractivity contribution in [1.82, 2.24) is 9.97 Å². The van der Waals surface area contributed by atoms with Crippen molar-refractivity contribution in [3.63, 3.8) is 0 Å². The van der Waals surface area contributed by atoms with E-state index in [4.69, 9.17) is 9.84 Å². The number of ether oxygens (including phenoxy) is 1. The Hall–Kier alpha value is -1.91. The summed E-state index contributed by atoms with van der Waals surface area (Å²) in [5, 5.41) is 9.05. The number of rotatable bonds is 3. The van der Waals surface area contributed by atoms with Gasteiger partial charge in [0.15, 0.2) is 5.69 Å². The highest BCUT2D eigenvalue weighted by Gasteiger charge is 2.33. The van der Waals surface area contributed by atoms with Crippen LogP contribution in [0.15, 0.2) is 30.5 Å². The van der Waals surface area contributed by atoms with Crippen LogP contribution in [0.5, 0.6) is 11.8 Å². The van der Waals surface area contributed by atoms with Crippen molar-refractivity contribution in [1.29, 1.82) is 0 Å². The normalized spacial score (nSPS) is 11.2. The van der Waals surface area contributed by atoms with Gasteiger partial charge in [-0.25, -0.2) is 9.78 Å².